The van der Waals surface area contributed by atoms with E-state index in [0.29, 0.717) is 5.92 Å². The maximum Gasteiger partial charge on any atom is 0.0552 e. The number of aryl methyl sites for hydroxylation is 1. The van der Waals surface area contributed by atoms with Crippen LogP contribution < -0.4 is 0 Å². The minimum Gasteiger partial charge on any atom is -0.393 e. The van der Waals surface area contributed by atoms with E-state index >= 15 is 0 Å². The van der Waals surface area contributed by atoms with Crippen molar-refractivity contribution in [2.45, 2.75) is 39.3 Å². The van der Waals surface area contributed by atoms with Gasteiger partial charge in [0.05, 0.1) is 6.10 Å². The van der Waals surface area contributed by atoms with E-state index in [-0.39, 0.29) is 6.10 Å². The minimum atomic E-state index is -0.198. The van der Waals surface area contributed by atoms with Gasteiger partial charge in [0.1, 0.15) is 0 Å². The molecule has 1 aliphatic heterocycles. The highest BCUT2D eigenvalue weighted by atomic mass is 16.3. The Balaban J connectivity index is 1.71. The second-order valence-corrected chi connectivity index (χ2v) is 6.94. The molecule has 2 aromatic rings. The van der Waals surface area contributed by atoms with Gasteiger partial charge in [0.2, 0.25) is 0 Å². The number of nitrogens with zero attached hydrogens (tertiary/aromatic N) is 1. The molecule has 2 unspecified atom stereocenters. The lowest BCUT2D eigenvalue weighted by Crippen LogP contribution is -2.39. The third-order valence-corrected chi connectivity index (χ3v) is 4.94. The number of aliphatic hydroxyl groups is 1. The predicted molar refractivity (Wildman–Crippen MR) is 96.3 cm³/mol. The zero-order chi connectivity index (χ0) is 16.2. The van der Waals surface area contributed by atoms with Crippen LogP contribution in [0.15, 0.2) is 48.5 Å². The zero-order valence-electron chi connectivity index (χ0n) is 14.2. The summed E-state index contributed by atoms with van der Waals surface area (Å²) in [5, 5.41) is 9.85. The third kappa shape index (κ3) is 4.21. The van der Waals surface area contributed by atoms with Gasteiger partial charge in [-0.3, -0.25) is 4.90 Å². The van der Waals surface area contributed by atoms with Crippen LogP contribution in [0.25, 0.3) is 11.1 Å². The van der Waals surface area contributed by atoms with Crippen molar-refractivity contribution in [2.75, 3.05) is 13.1 Å². The first-order valence-electron chi connectivity index (χ1n) is 8.68. The largest absolute Gasteiger partial charge is 0.393 e. The molecule has 0 aliphatic carbocycles. The molecular formula is C21H27NO. The average Bonchev–Trinajstić information content (AvgIpc) is 2.56. The molecule has 1 N–H and O–H groups in total. The van der Waals surface area contributed by atoms with Gasteiger partial charge >= 0.3 is 0 Å². The molecule has 0 aromatic heterocycles. The van der Waals surface area contributed by atoms with Crippen molar-refractivity contribution in [1.29, 1.82) is 0 Å². The molecule has 1 fully saturated rings. The fraction of sp³-hybridized carbons (Fsp3) is 0.429. The molecule has 2 heteroatoms. The molecule has 122 valence electrons. The molecule has 0 spiro atoms. The normalized spacial score (nSPS) is 20.4. The van der Waals surface area contributed by atoms with Gasteiger partial charge in [-0.25, -0.2) is 0 Å². The first kappa shape index (κ1) is 16.2. The fourth-order valence-electron chi connectivity index (χ4n) is 3.48. The van der Waals surface area contributed by atoms with Crippen LogP contribution in [0.1, 0.15) is 30.9 Å². The van der Waals surface area contributed by atoms with Crippen molar-refractivity contribution >= 4 is 0 Å². The van der Waals surface area contributed by atoms with Crippen molar-refractivity contribution in [3.8, 4) is 11.1 Å². The third-order valence-electron chi connectivity index (χ3n) is 4.94. The number of piperidine rings is 1. The number of likely N-dealkylation sites (tertiary alicyclic amines) is 1. The number of aliphatic hydroxyl groups excluding tert-OH is 1. The Labute approximate surface area is 139 Å². The minimum absolute atomic E-state index is 0.198. The lowest BCUT2D eigenvalue weighted by Gasteiger charge is -2.34. The molecule has 0 radical (unpaired) electrons. The van der Waals surface area contributed by atoms with Gasteiger partial charge in [0.15, 0.2) is 0 Å². The number of hydrogen-bond acceptors (Lipinski definition) is 2. The summed E-state index contributed by atoms with van der Waals surface area (Å²) in [4.78, 5) is 2.48. The smallest absolute Gasteiger partial charge is 0.0552 e. The van der Waals surface area contributed by atoms with Gasteiger partial charge in [-0.15, -0.1) is 0 Å². The van der Waals surface area contributed by atoms with Crippen LogP contribution in [0.3, 0.4) is 0 Å². The summed E-state index contributed by atoms with van der Waals surface area (Å²) in [7, 11) is 0. The van der Waals surface area contributed by atoms with Gasteiger partial charge < -0.3 is 5.11 Å². The highest BCUT2D eigenvalue weighted by Crippen LogP contribution is 2.24. The first-order chi connectivity index (χ1) is 11.1. The summed E-state index contributed by atoms with van der Waals surface area (Å²) >= 11 is 0. The number of hydrogen-bond donors (Lipinski definition) is 1. The van der Waals surface area contributed by atoms with Crippen LogP contribution in [0.2, 0.25) is 0 Å². The second kappa shape index (κ2) is 7.29. The van der Waals surface area contributed by atoms with E-state index in [2.05, 4.69) is 60.4 Å². The van der Waals surface area contributed by atoms with Gasteiger partial charge in [0, 0.05) is 13.1 Å². The Bertz CT molecular complexity index is 633. The van der Waals surface area contributed by atoms with Crippen LogP contribution in [-0.4, -0.2) is 29.2 Å². The standard InChI is InChI=1S/C21H27NO/c1-16-8-10-19(11-9-16)20-6-3-5-18(13-20)14-22-12-4-7-21(15-22)17(2)23/h3,5-6,8-11,13,17,21,23H,4,7,12,14-15H2,1-2H3. The lowest BCUT2D eigenvalue weighted by atomic mass is 9.93. The quantitative estimate of drug-likeness (QED) is 0.912. The average molecular weight is 309 g/mol. The van der Waals surface area contributed by atoms with E-state index in [0.717, 1.165) is 26.1 Å². The van der Waals surface area contributed by atoms with E-state index in [1.165, 1.54) is 28.7 Å². The van der Waals surface area contributed by atoms with Crippen LogP contribution >= 0.6 is 0 Å². The maximum absolute atomic E-state index is 9.85. The second-order valence-electron chi connectivity index (χ2n) is 6.94. The fourth-order valence-corrected chi connectivity index (χ4v) is 3.48. The Hall–Kier alpha value is -1.64. The zero-order valence-corrected chi connectivity index (χ0v) is 14.2. The lowest BCUT2D eigenvalue weighted by molar-refractivity contribution is 0.0599. The highest BCUT2D eigenvalue weighted by Gasteiger charge is 2.23. The maximum atomic E-state index is 9.85. The Morgan fingerprint density at radius 2 is 1.91 bits per heavy atom. The van der Waals surface area contributed by atoms with Crippen LogP contribution in [-0.2, 0) is 6.54 Å². The monoisotopic (exact) mass is 309 g/mol. The molecule has 1 aliphatic rings. The Morgan fingerprint density at radius 1 is 1.13 bits per heavy atom. The van der Waals surface area contributed by atoms with Crippen molar-refractivity contribution in [3.05, 3.63) is 59.7 Å². The van der Waals surface area contributed by atoms with E-state index in [9.17, 15) is 5.11 Å². The molecule has 0 bridgehead atoms. The van der Waals surface area contributed by atoms with Gasteiger partial charge in [-0.1, -0.05) is 48.0 Å². The molecule has 3 rings (SSSR count). The van der Waals surface area contributed by atoms with Gasteiger partial charge in [0.25, 0.3) is 0 Å². The van der Waals surface area contributed by atoms with Crippen molar-refractivity contribution in [1.82, 2.24) is 4.90 Å². The van der Waals surface area contributed by atoms with E-state index < -0.39 is 0 Å². The van der Waals surface area contributed by atoms with Gasteiger partial charge in [-0.05, 0) is 61.9 Å². The summed E-state index contributed by atoms with van der Waals surface area (Å²) in [6.07, 6.45) is 2.14. The number of benzene rings is 2. The van der Waals surface area contributed by atoms with Crippen LogP contribution in [0.4, 0.5) is 0 Å². The molecule has 1 heterocycles. The first-order valence-corrected chi connectivity index (χ1v) is 8.68. The summed E-state index contributed by atoms with van der Waals surface area (Å²) in [6.45, 7) is 7.16. The predicted octanol–water partition coefficient (Wildman–Crippen LogP) is 4.25. The molecule has 1 saturated heterocycles. The molecular weight excluding hydrogens is 282 g/mol. The Kier molecular flexibility index (Phi) is 5.14. The SMILES string of the molecule is Cc1ccc(-c2cccc(CN3CCCC(C(C)O)C3)c2)cc1. The van der Waals surface area contributed by atoms with E-state index in [4.69, 9.17) is 0 Å². The summed E-state index contributed by atoms with van der Waals surface area (Å²) in [5.74, 6) is 0.420. The summed E-state index contributed by atoms with van der Waals surface area (Å²) in [6, 6.07) is 17.6. The van der Waals surface area contributed by atoms with E-state index in [1.807, 2.05) is 6.92 Å². The van der Waals surface area contributed by atoms with Crippen LogP contribution in [0, 0.1) is 12.8 Å². The molecule has 0 amide bonds. The van der Waals surface area contributed by atoms with Crippen molar-refractivity contribution in [2.24, 2.45) is 5.92 Å². The topological polar surface area (TPSA) is 23.5 Å². The molecule has 2 nitrogen and oxygen atoms in total. The molecule has 0 saturated carbocycles. The summed E-state index contributed by atoms with van der Waals surface area (Å²) in [5.41, 5.74) is 5.21. The molecule has 2 aromatic carbocycles. The van der Waals surface area contributed by atoms with Crippen molar-refractivity contribution in [3.63, 3.8) is 0 Å². The van der Waals surface area contributed by atoms with Crippen LogP contribution in [0.5, 0.6) is 0 Å². The molecule has 2 atom stereocenters. The van der Waals surface area contributed by atoms with Crippen molar-refractivity contribution < 1.29 is 5.11 Å². The molecule has 23 heavy (non-hydrogen) atoms. The van der Waals surface area contributed by atoms with Gasteiger partial charge in [-0.2, -0.15) is 0 Å². The Morgan fingerprint density at radius 3 is 2.65 bits per heavy atom. The highest BCUT2D eigenvalue weighted by molar-refractivity contribution is 5.64. The summed E-state index contributed by atoms with van der Waals surface area (Å²) < 4.78 is 0. The van der Waals surface area contributed by atoms with E-state index in [1.54, 1.807) is 0 Å². The number of rotatable bonds is 4.